The number of aryl methyl sites for hydroxylation is 2. The second-order valence-electron chi connectivity index (χ2n) is 9.78. The van der Waals surface area contributed by atoms with Crippen molar-refractivity contribution in [3.05, 3.63) is 52.8 Å². The first-order valence-electron chi connectivity index (χ1n) is 13.0. The lowest BCUT2D eigenvalue weighted by atomic mass is 9.97. The number of nitrogens with zero attached hydrogens (tertiary/aromatic N) is 4. The number of carbonyl (C=O) groups is 4. The van der Waals surface area contributed by atoms with Gasteiger partial charge in [-0.15, -0.1) is 0 Å². The third-order valence-corrected chi connectivity index (χ3v) is 6.84. The number of aromatic nitrogens is 2. The highest BCUT2D eigenvalue weighted by Crippen LogP contribution is 2.20. The molecule has 1 N–H and O–H groups in total. The van der Waals surface area contributed by atoms with Crippen LogP contribution < -0.4 is 5.32 Å². The van der Waals surface area contributed by atoms with Crippen molar-refractivity contribution in [2.24, 2.45) is 5.92 Å². The van der Waals surface area contributed by atoms with Crippen LogP contribution in [0.1, 0.15) is 65.2 Å². The molecule has 0 saturated carbocycles. The van der Waals surface area contributed by atoms with E-state index in [-0.39, 0.29) is 35.9 Å². The number of benzene rings is 1. The molecule has 37 heavy (non-hydrogen) atoms. The van der Waals surface area contributed by atoms with Gasteiger partial charge in [0.25, 0.3) is 11.8 Å². The Bertz CT molecular complexity index is 1180. The summed E-state index contributed by atoms with van der Waals surface area (Å²) in [5.74, 6) is -1.59. The van der Waals surface area contributed by atoms with Crippen molar-refractivity contribution in [3.63, 3.8) is 0 Å². The number of amides is 3. The highest BCUT2D eigenvalue weighted by atomic mass is 16.5. The predicted molar refractivity (Wildman–Crippen MR) is 136 cm³/mol. The highest BCUT2D eigenvalue weighted by molar-refractivity contribution is 5.99. The largest absolute Gasteiger partial charge is 0.466 e. The third kappa shape index (κ3) is 6.18. The van der Waals surface area contributed by atoms with Gasteiger partial charge in [-0.25, -0.2) is 0 Å². The van der Waals surface area contributed by atoms with E-state index < -0.39 is 11.9 Å². The van der Waals surface area contributed by atoms with Crippen LogP contribution in [0.3, 0.4) is 0 Å². The van der Waals surface area contributed by atoms with E-state index in [1.54, 1.807) is 28.3 Å². The van der Waals surface area contributed by atoms with Crippen molar-refractivity contribution >= 4 is 23.7 Å². The number of nitrogens with one attached hydrogen (secondary N) is 1. The van der Waals surface area contributed by atoms with E-state index in [9.17, 15) is 19.2 Å². The van der Waals surface area contributed by atoms with Crippen molar-refractivity contribution in [2.45, 2.75) is 59.2 Å². The van der Waals surface area contributed by atoms with Crippen LogP contribution in [0.25, 0.3) is 0 Å². The molecule has 10 nitrogen and oxygen atoms in total. The van der Waals surface area contributed by atoms with Crippen LogP contribution in [-0.2, 0) is 27.4 Å². The minimum Gasteiger partial charge on any atom is -0.466 e. The van der Waals surface area contributed by atoms with Gasteiger partial charge < -0.3 is 19.9 Å². The molecule has 3 amide bonds. The molecule has 0 spiro atoms. The van der Waals surface area contributed by atoms with E-state index >= 15 is 0 Å². The quantitative estimate of drug-likeness (QED) is 0.572. The van der Waals surface area contributed by atoms with Crippen LogP contribution in [0.15, 0.2) is 30.3 Å². The van der Waals surface area contributed by atoms with Crippen LogP contribution in [0.2, 0.25) is 0 Å². The summed E-state index contributed by atoms with van der Waals surface area (Å²) in [6.07, 6.45) is 2.10. The maximum absolute atomic E-state index is 13.3. The molecule has 1 fully saturated rings. The molecular formula is C27H35N5O5. The minimum absolute atomic E-state index is 0.100. The smallest absolute Gasteiger partial charge is 0.310 e. The number of hydrogen-bond donors (Lipinski definition) is 1. The number of likely N-dealkylation sites (tertiary alicyclic amines) is 1. The van der Waals surface area contributed by atoms with Crippen LogP contribution in [0, 0.1) is 12.8 Å². The Morgan fingerprint density at radius 1 is 1.16 bits per heavy atom. The Morgan fingerprint density at radius 3 is 2.73 bits per heavy atom. The van der Waals surface area contributed by atoms with E-state index in [1.165, 1.54) is 6.07 Å². The summed E-state index contributed by atoms with van der Waals surface area (Å²) in [6.45, 7) is 8.11. The molecule has 2 aromatic rings. The highest BCUT2D eigenvalue weighted by Gasteiger charge is 2.32. The Labute approximate surface area is 216 Å². The summed E-state index contributed by atoms with van der Waals surface area (Å²) in [5.41, 5.74) is 2.65. The van der Waals surface area contributed by atoms with Gasteiger partial charge in [-0.1, -0.05) is 29.8 Å². The fraction of sp³-hybridized carbons (Fsp3) is 0.519. The summed E-state index contributed by atoms with van der Waals surface area (Å²) >= 11 is 0. The van der Waals surface area contributed by atoms with Crippen LogP contribution >= 0.6 is 0 Å². The monoisotopic (exact) mass is 509 g/mol. The average molecular weight is 510 g/mol. The molecule has 4 rings (SSSR count). The summed E-state index contributed by atoms with van der Waals surface area (Å²) < 4.78 is 6.69. The molecule has 2 unspecified atom stereocenters. The number of esters is 1. The number of rotatable bonds is 7. The molecular weight excluding hydrogens is 474 g/mol. The molecule has 2 aliphatic heterocycles. The number of piperidine rings is 1. The first-order valence-corrected chi connectivity index (χ1v) is 13.0. The first kappa shape index (κ1) is 26.4. The maximum Gasteiger partial charge on any atom is 0.310 e. The Hall–Kier alpha value is -3.69. The normalized spacial score (nSPS) is 18.6. The average Bonchev–Trinajstić information content (AvgIpc) is 3.26. The summed E-state index contributed by atoms with van der Waals surface area (Å²) in [4.78, 5) is 54.7. The Balaban J connectivity index is 1.39. The second kappa shape index (κ2) is 11.6. The van der Waals surface area contributed by atoms with Gasteiger partial charge in [0, 0.05) is 38.8 Å². The topological polar surface area (TPSA) is 114 Å². The van der Waals surface area contributed by atoms with Gasteiger partial charge in [0.1, 0.15) is 11.7 Å². The lowest BCUT2D eigenvalue weighted by Crippen LogP contribution is -2.51. The van der Waals surface area contributed by atoms with Gasteiger partial charge in [-0.05, 0) is 45.6 Å². The number of hydrogen-bond acceptors (Lipinski definition) is 6. The van der Waals surface area contributed by atoms with Gasteiger partial charge in [-0.2, -0.15) is 5.10 Å². The fourth-order valence-electron chi connectivity index (χ4n) is 4.96. The van der Waals surface area contributed by atoms with E-state index in [0.717, 1.165) is 17.5 Å². The molecule has 1 aromatic carbocycles. The molecule has 1 aromatic heterocycles. The molecule has 1 saturated heterocycles. The zero-order valence-corrected chi connectivity index (χ0v) is 21.7. The van der Waals surface area contributed by atoms with Crippen molar-refractivity contribution < 1.29 is 23.9 Å². The zero-order valence-electron chi connectivity index (χ0n) is 21.7. The molecule has 0 radical (unpaired) electrons. The molecule has 3 heterocycles. The minimum atomic E-state index is -0.802. The van der Waals surface area contributed by atoms with Crippen molar-refractivity contribution in [1.82, 2.24) is 24.9 Å². The molecule has 0 bridgehead atoms. The van der Waals surface area contributed by atoms with Gasteiger partial charge in [-0.3, -0.25) is 23.9 Å². The van der Waals surface area contributed by atoms with Gasteiger partial charge in [0.05, 0.1) is 12.5 Å². The van der Waals surface area contributed by atoms with E-state index in [0.29, 0.717) is 51.3 Å². The number of fused-ring (bicyclic) bond motifs is 1. The van der Waals surface area contributed by atoms with Crippen molar-refractivity contribution in [2.75, 3.05) is 26.2 Å². The first-order chi connectivity index (χ1) is 17.8. The van der Waals surface area contributed by atoms with E-state index in [4.69, 9.17) is 4.74 Å². The van der Waals surface area contributed by atoms with Gasteiger partial charge in [0.2, 0.25) is 5.91 Å². The molecule has 10 heteroatoms. The summed E-state index contributed by atoms with van der Waals surface area (Å²) in [5, 5.41) is 7.08. The number of carbonyl (C=O) groups excluding carboxylic acids is 4. The summed E-state index contributed by atoms with van der Waals surface area (Å²) in [7, 11) is 0. The second-order valence-corrected chi connectivity index (χ2v) is 9.78. The van der Waals surface area contributed by atoms with Crippen molar-refractivity contribution in [1.29, 1.82) is 0 Å². The molecule has 198 valence electrons. The van der Waals surface area contributed by atoms with Crippen LogP contribution in [0.4, 0.5) is 0 Å². The fourth-order valence-corrected chi connectivity index (χ4v) is 4.96. The molecule has 0 aliphatic carbocycles. The van der Waals surface area contributed by atoms with Gasteiger partial charge >= 0.3 is 5.97 Å². The van der Waals surface area contributed by atoms with E-state index in [2.05, 4.69) is 16.5 Å². The predicted octanol–water partition coefficient (Wildman–Crippen LogP) is 2.16. The SMILES string of the molecule is CCOC(=O)C1CCCN(C(=O)C(C)NC(=O)c2cc3n(n2)CCCN(Cc2cccc(C)c2)C3=O)C1. The lowest BCUT2D eigenvalue weighted by molar-refractivity contribution is -0.151. The van der Waals surface area contributed by atoms with E-state index in [1.807, 2.05) is 25.1 Å². The summed E-state index contributed by atoms with van der Waals surface area (Å²) in [6, 6.07) is 8.75. The van der Waals surface area contributed by atoms with Crippen molar-refractivity contribution in [3.8, 4) is 0 Å². The standard InChI is InChI=1S/C27H35N5O5/c1-4-37-27(36)21-10-6-11-31(17-21)25(34)19(3)28-24(33)22-15-23-26(35)30(12-7-13-32(23)29-22)16-20-9-5-8-18(2)14-20/h5,8-9,14-15,19,21H,4,6-7,10-13,16-17H2,1-3H3,(H,28,33). The lowest BCUT2D eigenvalue weighted by Gasteiger charge is -2.33. The maximum atomic E-state index is 13.3. The molecule has 2 aliphatic rings. The third-order valence-electron chi connectivity index (χ3n) is 6.84. The van der Waals surface area contributed by atoms with Crippen LogP contribution in [0.5, 0.6) is 0 Å². The van der Waals surface area contributed by atoms with Crippen LogP contribution in [-0.4, -0.2) is 75.6 Å². The Morgan fingerprint density at radius 2 is 1.97 bits per heavy atom. The molecule has 2 atom stereocenters. The zero-order chi connectivity index (χ0) is 26.5. The number of ether oxygens (including phenoxy) is 1. The van der Waals surface area contributed by atoms with Gasteiger partial charge in [0.15, 0.2) is 5.69 Å². The Kier molecular flexibility index (Phi) is 8.25.